The fourth-order valence-corrected chi connectivity index (χ4v) is 3.29. The molecule has 1 aliphatic rings. The summed E-state index contributed by atoms with van der Waals surface area (Å²) in [6.45, 7) is 0.744. The average molecular weight is 459 g/mol. The van der Waals surface area contributed by atoms with E-state index < -0.39 is 0 Å². The minimum Gasteiger partial charge on any atom is -0.354 e. The molecule has 29 heavy (non-hydrogen) atoms. The Labute approximate surface area is 175 Å². The van der Waals surface area contributed by atoms with Crippen LogP contribution in [0.2, 0.25) is 0 Å². The lowest BCUT2D eigenvalue weighted by Gasteiger charge is -2.13. The molecule has 3 rings (SSSR count). The van der Waals surface area contributed by atoms with Crippen molar-refractivity contribution < 1.29 is 19.2 Å². The number of benzene rings is 1. The zero-order valence-electron chi connectivity index (χ0n) is 15.5. The molecular weight excluding hydrogens is 440 g/mol. The number of pyridine rings is 1. The molecular formula is C20H19BrN4O4. The van der Waals surface area contributed by atoms with Crippen LogP contribution in [-0.4, -0.2) is 53.1 Å². The summed E-state index contributed by atoms with van der Waals surface area (Å²) in [6, 6.07) is 8.28. The topological polar surface area (TPSA) is 108 Å². The highest BCUT2D eigenvalue weighted by Gasteiger charge is 2.35. The highest BCUT2D eigenvalue weighted by molar-refractivity contribution is 9.10. The van der Waals surface area contributed by atoms with Gasteiger partial charge >= 0.3 is 0 Å². The number of fused-ring (bicyclic) bond motifs is 1. The zero-order chi connectivity index (χ0) is 20.8. The summed E-state index contributed by atoms with van der Waals surface area (Å²) in [6.07, 6.45) is 3.58. The van der Waals surface area contributed by atoms with Crippen LogP contribution < -0.4 is 10.6 Å². The van der Waals surface area contributed by atoms with Gasteiger partial charge in [0.2, 0.25) is 5.91 Å². The van der Waals surface area contributed by atoms with Crippen LogP contribution in [0.25, 0.3) is 0 Å². The largest absolute Gasteiger partial charge is 0.354 e. The maximum atomic E-state index is 12.4. The number of hydrogen-bond acceptors (Lipinski definition) is 5. The molecule has 0 saturated carbocycles. The summed E-state index contributed by atoms with van der Waals surface area (Å²) in [5.74, 6) is -1.15. The number of hydrogen-bond donors (Lipinski definition) is 2. The lowest BCUT2D eigenvalue weighted by molar-refractivity contribution is -0.121. The molecule has 1 aliphatic heterocycles. The van der Waals surface area contributed by atoms with Crippen LogP contribution in [0.5, 0.6) is 0 Å². The van der Waals surface area contributed by atoms with Crippen LogP contribution in [0.4, 0.5) is 0 Å². The summed E-state index contributed by atoms with van der Waals surface area (Å²) in [4.78, 5) is 53.5. The summed E-state index contributed by atoms with van der Waals surface area (Å²) < 4.78 is 0.731. The average Bonchev–Trinajstić information content (AvgIpc) is 2.96. The van der Waals surface area contributed by atoms with Crippen molar-refractivity contribution in [1.82, 2.24) is 20.5 Å². The number of nitrogens with zero attached hydrogens (tertiary/aromatic N) is 2. The van der Waals surface area contributed by atoms with Crippen LogP contribution in [-0.2, 0) is 4.79 Å². The Bertz CT molecular complexity index is 949. The molecule has 0 spiro atoms. The molecule has 150 valence electrons. The molecule has 0 saturated heterocycles. The van der Waals surface area contributed by atoms with E-state index in [1.807, 2.05) is 0 Å². The fourth-order valence-electron chi connectivity index (χ4n) is 2.93. The molecule has 1 aromatic carbocycles. The van der Waals surface area contributed by atoms with Crippen molar-refractivity contribution in [3.8, 4) is 0 Å². The van der Waals surface area contributed by atoms with Gasteiger partial charge in [0.15, 0.2) is 0 Å². The summed E-state index contributed by atoms with van der Waals surface area (Å²) >= 11 is 3.29. The first-order valence-corrected chi connectivity index (χ1v) is 9.87. The Morgan fingerprint density at radius 1 is 1.03 bits per heavy atom. The van der Waals surface area contributed by atoms with Crippen molar-refractivity contribution in [2.75, 3.05) is 19.6 Å². The van der Waals surface area contributed by atoms with Gasteiger partial charge in [-0.3, -0.25) is 29.1 Å². The standard InChI is InChI=1S/C20H19BrN4O4/c21-14-5-6-15-16(11-14)20(29)25(19(15)28)10-2-4-17(26)23-8-9-24-18(27)13-3-1-7-22-12-13/h1,3,5-7,11-12H,2,4,8-10H2,(H,23,26)(H,24,27). The molecule has 2 N–H and O–H groups in total. The maximum absolute atomic E-state index is 12.4. The number of rotatable bonds is 8. The molecule has 0 fully saturated rings. The maximum Gasteiger partial charge on any atom is 0.261 e. The predicted molar refractivity (Wildman–Crippen MR) is 108 cm³/mol. The molecule has 2 aromatic rings. The van der Waals surface area contributed by atoms with Gasteiger partial charge in [0, 0.05) is 42.9 Å². The van der Waals surface area contributed by atoms with Crippen LogP contribution in [0, 0.1) is 0 Å². The van der Waals surface area contributed by atoms with Crippen molar-refractivity contribution in [1.29, 1.82) is 0 Å². The molecule has 8 nitrogen and oxygen atoms in total. The van der Waals surface area contributed by atoms with E-state index in [4.69, 9.17) is 0 Å². The second-order valence-corrected chi connectivity index (χ2v) is 7.32. The number of carbonyl (C=O) groups excluding carboxylic acids is 4. The van der Waals surface area contributed by atoms with Crippen LogP contribution in [0.3, 0.4) is 0 Å². The Morgan fingerprint density at radius 3 is 2.55 bits per heavy atom. The van der Waals surface area contributed by atoms with Crippen molar-refractivity contribution in [2.45, 2.75) is 12.8 Å². The van der Waals surface area contributed by atoms with Crippen molar-refractivity contribution in [2.24, 2.45) is 0 Å². The van der Waals surface area contributed by atoms with Crippen LogP contribution in [0.1, 0.15) is 43.9 Å². The van der Waals surface area contributed by atoms with E-state index in [0.717, 1.165) is 4.47 Å². The monoisotopic (exact) mass is 458 g/mol. The molecule has 0 unspecified atom stereocenters. The number of aromatic nitrogens is 1. The first kappa shape index (κ1) is 20.7. The first-order valence-electron chi connectivity index (χ1n) is 9.08. The molecule has 0 radical (unpaired) electrons. The highest BCUT2D eigenvalue weighted by Crippen LogP contribution is 2.26. The Morgan fingerprint density at radius 2 is 1.79 bits per heavy atom. The van der Waals surface area contributed by atoms with E-state index >= 15 is 0 Å². The number of carbonyl (C=O) groups is 4. The fraction of sp³-hybridized carbons (Fsp3) is 0.250. The molecule has 2 heterocycles. The third-order valence-electron chi connectivity index (χ3n) is 4.37. The third-order valence-corrected chi connectivity index (χ3v) is 4.87. The summed E-state index contributed by atoms with van der Waals surface area (Å²) in [5, 5.41) is 5.38. The van der Waals surface area contributed by atoms with Gasteiger partial charge in [-0.2, -0.15) is 0 Å². The second kappa shape index (κ2) is 9.42. The molecule has 4 amide bonds. The lowest BCUT2D eigenvalue weighted by Crippen LogP contribution is -2.35. The zero-order valence-corrected chi connectivity index (χ0v) is 17.1. The normalized spacial score (nSPS) is 12.7. The number of amides is 4. The second-order valence-electron chi connectivity index (χ2n) is 6.40. The van der Waals surface area contributed by atoms with Gasteiger partial charge in [-0.1, -0.05) is 15.9 Å². The molecule has 9 heteroatoms. The van der Waals surface area contributed by atoms with Gasteiger partial charge in [-0.25, -0.2) is 0 Å². The minimum absolute atomic E-state index is 0.174. The smallest absolute Gasteiger partial charge is 0.261 e. The first-order chi connectivity index (χ1) is 14.0. The molecule has 0 atom stereocenters. The van der Waals surface area contributed by atoms with Gasteiger partial charge in [-0.05, 0) is 36.8 Å². The third kappa shape index (κ3) is 5.05. The Hall–Kier alpha value is -3.07. The van der Waals surface area contributed by atoms with Gasteiger partial charge < -0.3 is 10.6 Å². The number of halogens is 1. The molecule has 1 aromatic heterocycles. The lowest BCUT2D eigenvalue weighted by atomic mass is 10.1. The van der Waals surface area contributed by atoms with E-state index in [0.29, 0.717) is 23.1 Å². The highest BCUT2D eigenvalue weighted by atomic mass is 79.9. The van der Waals surface area contributed by atoms with Crippen LogP contribution in [0.15, 0.2) is 47.2 Å². The van der Waals surface area contributed by atoms with Gasteiger partial charge in [0.05, 0.1) is 16.7 Å². The van der Waals surface area contributed by atoms with E-state index in [2.05, 4.69) is 31.5 Å². The predicted octanol–water partition coefficient (Wildman–Crippen LogP) is 1.77. The van der Waals surface area contributed by atoms with Gasteiger partial charge in [0.25, 0.3) is 17.7 Å². The summed E-state index contributed by atoms with van der Waals surface area (Å²) in [7, 11) is 0. The van der Waals surface area contributed by atoms with E-state index in [1.54, 1.807) is 36.5 Å². The van der Waals surface area contributed by atoms with E-state index in [1.165, 1.54) is 11.1 Å². The van der Waals surface area contributed by atoms with Gasteiger partial charge in [-0.15, -0.1) is 0 Å². The Kier molecular flexibility index (Phi) is 6.71. The SMILES string of the molecule is O=C(CCCN1C(=O)c2ccc(Br)cc2C1=O)NCCNC(=O)c1cccnc1. The summed E-state index contributed by atoms with van der Waals surface area (Å²) in [5.41, 5.74) is 1.21. The Balaban J connectivity index is 1.36. The van der Waals surface area contributed by atoms with E-state index in [-0.39, 0.29) is 49.7 Å². The molecule has 0 aliphatic carbocycles. The number of imide groups is 1. The van der Waals surface area contributed by atoms with Gasteiger partial charge in [0.1, 0.15) is 0 Å². The molecule has 0 bridgehead atoms. The van der Waals surface area contributed by atoms with Crippen LogP contribution >= 0.6 is 15.9 Å². The van der Waals surface area contributed by atoms with Crippen molar-refractivity contribution in [3.05, 3.63) is 63.9 Å². The quantitative estimate of drug-likeness (QED) is 0.462. The van der Waals surface area contributed by atoms with Crippen molar-refractivity contribution in [3.63, 3.8) is 0 Å². The minimum atomic E-state index is -0.343. The van der Waals surface area contributed by atoms with E-state index in [9.17, 15) is 19.2 Å². The number of nitrogens with one attached hydrogen (secondary N) is 2. The van der Waals surface area contributed by atoms with Crippen molar-refractivity contribution >= 4 is 39.6 Å².